The van der Waals surface area contributed by atoms with E-state index in [-0.39, 0.29) is 42.0 Å². The van der Waals surface area contributed by atoms with Gasteiger partial charge in [-0.1, -0.05) is 26.3 Å². The molecule has 32 heavy (non-hydrogen) atoms. The van der Waals surface area contributed by atoms with Gasteiger partial charge in [0.15, 0.2) is 5.78 Å². The second-order valence-electron chi connectivity index (χ2n) is 11.5. The van der Waals surface area contributed by atoms with E-state index in [0.717, 1.165) is 5.57 Å². The highest BCUT2D eigenvalue weighted by molar-refractivity contribution is 5.92. The second kappa shape index (κ2) is 6.44. The molecule has 4 fully saturated rings. The average molecular weight is 447 g/mol. The normalized spacial score (nSPS) is 51.0. The van der Waals surface area contributed by atoms with Gasteiger partial charge in [-0.2, -0.15) is 0 Å². The number of ketones is 1. The molecule has 1 saturated heterocycles. The molecule has 1 spiro atoms. The fraction of sp³-hybridized carbons (Fsp3) is 0.800. The van der Waals surface area contributed by atoms with Crippen LogP contribution in [0, 0.1) is 28.1 Å². The summed E-state index contributed by atoms with van der Waals surface area (Å²) >= 11 is 0. The van der Waals surface area contributed by atoms with Gasteiger partial charge in [0.1, 0.15) is 5.60 Å². The number of carbonyl (C=O) groups is 3. The second-order valence-corrected chi connectivity index (χ2v) is 11.5. The van der Waals surface area contributed by atoms with Crippen molar-refractivity contribution in [2.45, 2.75) is 89.4 Å². The summed E-state index contributed by atoms with van der Waals surface area (Å²) in [5.74, 6) is -1.61. The van der Waals surface area contributed by atoms with Crippen LogP contribution in [0.3, 0.4) is 0 Å². The summed E-state index contributed by atoms with van der Waals surface area (Å²) in [5.41, 5.74) is -2.18. The maximum absolute atomic E-state index is 13.2. The Labute approximate surface area is 188 Å². The van der Waals surface area contributed by atoms with Gasteiger partial charge in [-0.15, -0.1) is 0 Å². The lowest BCUT2D eigenvalue weighted by Gasteiger charge is -2.64. The first-order valence-electron chi connectivity index (χ1n) is 11.8. The smallest absolute Gasteiger partial charge is 0.309 e. The Kier molecular flexibility index (Phi) is 4.44. The van der Waals surface area contributed by atoms with Crippen LogP contribution in [0.4, 0.5) is 0 Å². The van der Waals surface area contributed by atoms with Crippen LogP contribution in [0.1, 0.15) is 72.1 Å². The molecule has 0 aromatic heterocycles. The summed E-state index contributed by atoms with van der Waals surface area (Å²) in [5, 5.41) is 21.0. The Balaban J connectivity index is 1.65. The third-order valence-electron chi connectivity index (χ3n) is 10.7. The van der Waals surface area contributed by atoms with Gasteiger partial charge in [-0.05, 0) is 50.5 Å². The van der Waals surface area contributed by atoms with Gasteiger partial charge in [0.05, 0.1) is 24.7 Å². The van der Waals surface area contributed by atoms with Gasteiger partial charge in [-0.25, -0.2) is 0 Å². The van der Waals surface area contributed by atoms with Crippen LogP contribution >= 0.6 is 0 Å². The zero-order valence-electron chi connectivity index (χ0n) is 19.4. The molecule has 3 saturated carbocycles. The van der Waals surface area contributed by atoms with Gasteiger partial charge in [-0.3, -0.25) is 14.4 Å². The highest BCUT2D eigenvalue weighted by atomic mass is 16.6. The Morgan fingerprint density at radius 2 is 1.97 bits per heavy atom. The summed E-state index contributed by atoms with van der Waals surface area (Å²) in [4.78, 5) is 36.8. The SMILES string of the molecule is COC(=O)[C@@H]1CC2=CC(=O)CC[C@]2(C)[C@@]23O[C@@H]2C[C@@]2(C)[C@@H](CC[C@@]2(O)CCC(=O)O)[C@]13C. The lowest BCUT2D eigenvalue weighted by Crippen LogP contribution is -2.68. The molecule has 0 aromatic rings. The van der Waals surface area contributed by atoms with E-state index in [1.165, 1.54) is 7.11 Å². The Morgan fingerprint density at radius 1 is 1.25 bits per heavy atom. The van der Waals surface area contributed by atoms with Crippen LogP contribution in [0.25, 0.3) is 0 Å². The van der Waals surface area contributed by atoms with Crippen molar-refractivity contribution >= 4 is 17.7 Å². The van der Waals surface area contributed by atoms with Crippen molar-refractivity contribution < 1.29 is 34.1 Å². The maximum atomic E-state index is 13.2. The van der Waals surface area contributed by atoms with Gasteiger partial charge in [0, 0.05) is 29.1 Å². The van der Waals surface area contributed by atoms with Gasteiger partial charge >= 0.3 is 11.9 Å². The van der Waals surface area contributed by atoms with E-state index in [1.807, 2.05) is 0 Å². The molecule has 4 aliphatic carbocycles. The molecule has 0 amide bonds. The van der Waals surface area contributed by atoms with E-state index < -0.39 is 33.9 Å². The number of rotatable bonds is 4. The molecule has 7 nitrogen and oxygen atoms in total. The number of carbonyl (C=O) groups excluding carboxylic acids is 2. The summed E-state index contributed by atoms with van der Waals surface area (Å²) < 4.78 is 11.9. The molecule has 0 unspecified atom stereocenters. The highest BCUT2D eigenvalue weighted by Gasteiger charge is 2.87. The molecule has 176 valence electrons. The largest absolute Gasteiger partial charge is 0.481 e. The number of fused-ring (bicyclic) bond motifs is 3. The van der Waals surface area contributed by atoms with Crippen molar-refractivity contribution in [1.82, 2.24) is 0 Å². The van der Waals surface area contributed by atoms with Crippen LogP contribution in [-0.4, -0.2) is 52.4 Å². The number of esters is 1. The van der Waals surface area contributed by atoms with Crippen LogP contribution < -0.4 is 0 Å². The molecule has 5 aliphatic rings. The third-order valence-corrected chi connectivity index (χ3v) is 10.7. The van der Waals surface area contributed by atoms with Crippen molar-refractivity contribution in [2.75, 3.05) is 7.11 Å². The Hall–Kier alpha value is -1.73. The zero-order chi connectivity index (χ0) is 23.3. The molecule has 0 bridgehead atoms. The number of aliphatic hydroxyl groups is 1. The minimum atomic E-state index is -1.11. The molecule has 7 heteroatoms. The highest BCUT2D eigenvalue weighted by Crippen LogP contribution is 2.82. The van der Waals surface area contributed by atoms with Gasteiger partial charge < -0.3 is 19.7 Å². The predicted molar refractivity (Wildman–Crippen MR) is 114 cm³/mol. The van der Waals surface area contributed by atoms with E-state index >= 15 is 0 Å². The average Bonchev–Trinajstić information content (AvgIpc) is 3.40. The zero-order valence-corrected chi connectivity index (χ0v) is 19.4. The fourth-order valence-electron chi connectivity index (χ4n) is 8.98. The number of carboxylic acid groups (broad SMARTS) is 1. The number of methoxy groups -OCH3 is 1. The summed E-state index contributed by atoms with van der Waals surface area (Å²) in [6.45, 7) is 6.39. The molecule has 2 N–H and O–H groups in total. The van der Waals surface area contributed by atoms with E-state index in [1.54, 1.807) is 6.08 Å². The monoisotopic (exact) mass is 446 g/mol. The van der Waals surface area contributed by atoms with Crippen molar-refractivity contribution in [1.29, 1.82) is 0 Å². The molecular weight excluding hydrogens is 412 g/mol. The first kappa shape index (κ1) is 22.1. The van der Waals surface area contributed by atoms with E-state index in [4.69, 9.17) is 9.47 Å². The van der Waals surface area contributed by atoms with Crippen molar-refractivity contribution in [3.05, 3.63) is 11.6 Å². The van der Waals surface area contributed by atoms with Crippen molar-refractivity contribution in [3.63, 3.8) is 0 Å². The first-order chi connectivity index (χ1) is 14.9. The number of hydrogen-bond donors (Lipinski definition) is 2. The van der Waals surface area contributed by atoms with E-state index in [0.29, 0.717) is 38.5 Å². The molecule has 5 rings (SSSR count). The summed E-state index contributed by atoms with van der Waals surface area (Å²) in [6.07, 6.45) is 5.21. The van der Waals surface area contributed by atoms with E-state index in [9.17, 15) is 24.6 Å². The maximum Gasteiger partial charge on any atom is 0.309 e. The van der Waals surface area contributed by atoms with Crippen LogP contribution in [0.15, 0.2) is 11.6 Å². The third kappa shape index (κ3) is 2.32. The molecule has 1 aliphatic heterocycles. The molecule has 0 radical (unpaired) electrons. The topological polar surface area (TPSA) is 113 Å². The number of epoxide rings is 1. The number of aliphatic carboxylic acids is 1. The standard InChI is InChI=1S/C25H34O7/c1-21-8-5-15(26)11-14(21)12-16(20(29)31-4)23(3)17-6-9-24(30,10-7-19(27)28)22(17,2)13-18-25(21,23)32-18/h11,16-18,30H,5-10,12-13H2,1-4H3,(H,27,28)/t16-,17+,18+,21-,22-,23-,24+,25-/m0/s1. The van der Waals surface area contributed by atoms with Gasteiger partial charge in [0.25, 0.3) is 0 Å². The lowest BCUT2D eigenvalue weighted by atomic mass is 9.37. The Bertz CT molecular complexity index is 941. The van der Waals surface area contributed by atoms with Crippen LogP contribution in [0.5, 0.6) is 0 Å². The van der Waals surface area contributed by atoms with E-state index in [2.05, 4.69) is 20.8 Å². The van der Waals surface area contributed by atoms with Crippen LogP contribution in [-0.2, 0) is 23.9 Å². The number of ether oxygens (including phenoxy) is 2. The fourth-order valence-corrected chi connectivity index (χ4v) is 8.98. The number of hydrogen-bond acceptors (Lipinski definition) is 6. The molecular formula is C25H34O7. The quantitative estimate of drug-likeness (QED) is 0.504. The molecule has 1 heterocycles. The van der Waals surface area contributed by atoms with Gasteiger partial charge in [0.2, 0.25) is 0 Å². The van der Waals surface area contributed by atoms with Crippen molar-refractivity contribution in [3.8, 4) is 0 Å². The summed E-state index contributed by atoms with van der Waals surface area (Å²) in [7, 11) is 1.40. The lowest BCUT2D eigenvalue weighted by molar-refractivity contribution is -0.187. The first-order valence-corrected chi connectivity index (χ1v) is 11.8. The number of carboxylic acids is 1. The molecule has 0 aromatic carbocycles. The minimum Gasteiger partial charge on any atom is -0.481 e. The van der Waals surface area contributed by atoms with Crippen molar-refractivity contribution in [2.24, 2.45) is 28.1 Å². The Morgan fingerprint density at radius 3 is 2.62 bits per heavy atom. The van der Waals surface area contributed by atoms with Crippen LogP contribution in [0.2, 0.25) is 0 Å². The predicted octanol–water partition coefficient (Wildman–Crippen LogP) is 3.03. The minimum absolute atomic E-state index is 0.0207. The summed E-state index contributed by atoms with van der Waals surface area (Å²) in [6, 6.07) is 0. The molecule has 8 atom stereocenters.